The van der Waals surface area contributed by atoms with Crippen LogP contribution in [0.1, 0.15) is 22.8 Å². The predicted octanol–water partition coefficient (Wildman–Crippen LogP) is 3.97. The Morgan fingerprint density at radius 3 is 2.78 bits per heavy atom. The zero-order chi connectivity index (χ0) is 28.5. The third-order valence-corrected chi connectivity index (χ3v) is 7.20. The van der Waals surface area contributed by atoms with E-state index in [0.717, 1.165) is 17.5 Å². The van der Waals surface area contributed by atoms with Crippen LogP contribution in [-0.2, 0) is 4.79 Å². The Kier molecular flexibility index (Phi) is 6.94. The van der Waals surface area contributed by atoms with Crippen LogP contribution in [0.3, 0.4) is 0 Å². The molecule has 1 atom stereocenters. The molecular formula is C30H30N8O3. The number of hydrogen-bond donors (Lipinski definition) is 2. The van der Waals surface area contributed by atoms with Gasteiger partial charge < -0.3 is 24.5 Å². The van der Waals surface area contributed by atoms with Crippen LogP contribution in [0, 0.1) is 0 Å². The van der Waals surface area contributed by atoms with Crippen molar-refractivity contribution in [3.8, 4) is 11.1 Å². The topological polar surface area (TPSA) is 135 Å². The van der Waals surface area contributed by atoms with Crippen molar-refractivity contribution in [2.75, 3.05) is 44.8 Å². The van der Waals surface area contributed by atoms with Crippen LogP contribution in [-0.4, -0.2) is 74.9 Å². The van der Waals surface area contributed by atoms with E-state index in [0.29, 0.717) is 47.3 Å². The first-order valence-corrected chi connectivity index (χ1v) is 13.4. The second-order valence-electron chi connectivity index (χ2n) is 10.3. The number of hydrogen-bond acceptors (Lipinski definition) is 8. The number of nitrogens with zero attached hydrogens (tertiary/aromatic N) is 6. The first-order chi connectivity index (χ1) is 19.9. The Bertz CT molecular complexity index is 1770. The third kappa shape index (κ3) is 5.27. The Balaban J connectivity index is 1.25. The fourth-order valence-corrected chi connectivity index (χ4v) is 5.15. The molecule has 0 radical (unpaired) electrons. The van der Waals surface area contributed by atoms with Crippen LogP contribution >= 0.6 is 0 Å². The second kappa shape index (κ2) is 10.9. The lowest BCUT2D eigenvalue weighted by atomic mass is 10.1. The Labute approximate surface area is 236 Å². The number of anilines is 2. The number of nitrogen functional groups attached to an aromatic ring is 1. The van der Waals surface area contributed by atoms with Gasteiger partial charge in [0.25, 0.3) is 5.91 Å². The maximum absolute atomic E-state index is 13.5. The summed E-state index contributed by atoms with van der Waals surface area (Å²) < 4.78 is 7.74. The van der Waals surface area contributed by atoms with E-state index in [1.807, 2.05) is 78.2 Å². The van der Waals surface area contributed by atoms with Gasteiger partial charge >= 0.3 is 6.01 Å². The van der Waals surface area contributed by atoms with Gasteiger partial charge in [-0.2, -0.15) is 4.98 Å². The number of fused-ring (bicyclic) bond motifs is 2. The molecule has 6 rings (SSSR count). The highest BCUT2D eigenvalue weighted by Crippen LogP contribution is 2.32. The molecule has 2 amide bonds. The minimum atomic E-state index is -0.442. The van der Waals surface area contributed by atoms with E-state index in [-0.39, 0.29) is 23.8 Å². The molecule has 1 unspecified atom stereocenters. The van der Waals surface area contributed by atoms with Crippen molar-refractivity contribution >= 4 is 45.8 Å². The number of nitrogens with two attached hydrogens (primary N) is 1. The number of amides is 2. The monoisotopic (exact) mass is 550 g/mol. The number of nitrogens with one attached hydrogen (secondary N) is 1. The lowest BCUT2D eigenvalue weighted by molar-refractivity contribution is -0.125. The molecule has 0 bridgehead atoms. The van der Waals surface area contributed by atoms with Gasteiger partial charge in [-0.3, -0.25) is 14.9 Å². The largest absolute Gasteiger partial charge is 0.423 e. The van der Waals surface area contributed by atoms with E-state index in [1.54, 1.807) is 17.2 Å². The van der Waals surface area contributed by atoms with Gasteiger partial charge in [-0.25, -0.2) is 9.97 Å². The highest BCUT2D eigenvalue weighted by atomic mass is 16.4. The van der Waals surface area contributed by atoms with Crippen molar-refractivity contribution in [3.05, 3.63) is 78.8 Å². The number of rotatable bonds is 7. The van der Waals surface area contributed by atoms with Crippen molar-refractivity contribution in [1.29, 1.82) is 0 Å². The molecule has 0 saturated carbocycles. The van der Waals surface area contributed by atoms with Gasteiger partial charge in [0, 0.05) is 31.9 Å². The van der Waals surface area contributed by atoms with Crippen LogP contribution in [0.25, 0.3) is 33.3 Å². The molecular weight excluding hydrogens is 520 g/mol. The van der Waals surface area contributed by atoms with E-state index in [9.17, 15) is 9.59 Å². The molecule has 4 heterocycles. The summed E-state index contributed by atoms with van der Waals surface area (Å²) in [6.45, 7) is 1.79. The summed E-state index contributed by atoms with van der Waals surface area (Å²) in [6.07, 6.45) is 7.28. The van der Waals surface area contributed by atoms with Crippen LogP contribution in [0.4, 0.5) is 11.8 Å². The average molecular weight is 551 g/mol. The summed E-state index contributed by atoms with van der Waals surface area (Å²) in [5, 5.41) is 3.22. The lowest BCUT2D eigenvalue weighted by Crippen LogP contribution is -2.27. The van der Waals surface area contributed by atoms with Crippen molar-refractivity contribution in [2.24, 2.45) is 0 Å². The third-order valence-electron chi connectivity index (χ3n) is 7.20. The first kappa shape index (κ1) is 26.2. The quantitative estimate of drug-likeness (QED) is 0.291. The highest BCUT2D eigenvalue weighted by molar-refractivity contribution is 6.14. The van der Waals surface area contributed by atoms with Crippen molar-refractivity contribution < 1.29 is 14.0 Å². The molecule has 11 nitrogen and oxygen atoms in total. The molecule has 0 spiro atoms. The van der Waals surface area contributed by atoms with E-state index in [1.165, 1.54) is 6.33 Å². The number of benzene rings is 2. The van der Waals surface area contributed by atoms with Crippen LogP contribution < -0.4 is 11.1 Å². The molecule has 3 aromatic heterocycles. The number of aromatic nitrogens is 4. The standard InChI is InChI=1S/C30H30N8O3/c1-36(2)13-6-9-25(39)37-14-12-21(16-37)38-17-22(26-27(31)32-18-33-28(26)38)29(40)35-30-34-23-15-20(10-11-24(23)41-30)19-7-4-3-5-8-19/h3-11,15,17-18,21H,12-14,16H2,1-2H3,(H2,31,32,33)(H,34,35,40)/b9-6+. The molecule has 1 fully saturated rings. The van der Waals surface area contributed by atoms with Gasteiger partial charge in [-0.05, 0) is 43.8 Å². The van der Waals surface area contributed by atoms with E-state index >= 15 is 0 Å². The maximum Gasteiger partial charge on any atom is 0.302 e. The van der Waals surface area contributed by atoms with Crippen molar-refractivity contribution in [2.45, 2.75) is 12.5 Å². The Morgan fingerprint density at radius 1 is 1.15 bits per heavy atom. The summed E-state index contributed by atoms with van der Waals surface area (Å²) in [5.41, 5.74) is 10.3. The summed E-state index contributed by atoms with van der Waals surface area (Å²) >= 11 is 0. The molecule has 3 N–H and O–H groups in total. The normalized spacial score (nSPS) is 15.5. The number of carbonyl (C=O) groups excluding carboxylic acids is 2. The Hall–Kier alpha value is -5.03. The number of carbonyl (C=O) groups is 2. The lowest BCUT2D eigenvalue weighted by Gasteiger charge is -2.16. The smallest absolute Gasteiger partial charge is 0.302 e. The molecule has 208 valence electrons. The summed E-state index contributed by atoms with van der Waals surface area (Å²) in [7, 11) is 3.90. The fraction of sp³-hybridized carbons (Fsp3) is 0.233. The van der Waals surface area contributed by atoms with Crippen LogP contribution in [0.5, 0.6) is 0 Å². The zero-order valence-electron chi connectivity index (χ0n) is 22.8. The van der Waals surface area contributed by atoms with E-state index in [2.05, 4.69) is 20.3 Å². The molecule has 11 heteroatoms. The molecule has 5 aromatic rings. The molecule has 1 aliphatic heterocycles. The Morgan fingerprint density at radius 2 is 1.98 bits per heavy atom. The van der Waals surface area contributed by atoms with Gasteiger partial charge in [0.2, 0.25) is 5.91 Å². The van der Waals surface area contributed by atoms with Crippen LogP contribution in [0.2, 0.25) is 0 Å². The summed E-state index contributed by atoms with van der Waals surface area (Å²) in [4.78, 5) is 43.0. The summed E-state index contributed by atoms with van der Waals surface area (Å²) in [6, 6.07) is 15.7. The molecule has 0 aliphatic carbocycles. The minimum absolute atomic E-state index is 0.0377. The number of likely N-dealkylation sites (tertiary alicyclic amines) is 1. The molecule has 2 aromatic carbocycles. The van der Waals surface area contributed by atoms with E-state index in [4.69, 9.17) is 10.2 Å². The highest BCUT2D eigenvalue weighted by Gasteiger charge is 2.30. The maximum atomic E-state index is 13.5. The van der Waals surface area contributed by atoms with Crippen LogP contribution in [0.15, 0.2) is 77.6 Å². The van der Waals surface area contributed by atoms with Gasteiger partial charge in [0.15, 0.2) is 5.58 Å². The second-order valence-corrected chi connectivity index (χ2v) is 10.3. The van der Waals surface area contributed by atoms with Gasteiger partial charge in [0.1, 0.15) is 23.3 Å². The van der Waals surface area contributed by atoms with Crippen molar-refractivity contribution in [3.63, 3.8) is 0 Å². The van der Waals surface area contributed by atoms with E-state index < -0.39 is 5.91 Å². The zero-order valence-corrected chi connectivity index (χ0v) is 22.8. The SMILES string of the molecule is CN(C)C/C=C/C(=O)N1CCC(n2cc(C(=O)Nc3nc4cc(-c5ccccc5)ccc4o3)c3c(N)ncnc32)C1. The fourth-order valence-electron chi connectivity index (χ4n) is 5.15. The number of oxazole rings is 1. The first-order valence-electron chi connectivity index (χ1n) is 13.4. The average Bonchev–Trinajstić information content (AvgIpc) is 3.70. The van der Waals surface area contributed by atoms with Gasteiger partial charge in [-0.1, -0.05) is 42.5 Å². The molecule has 41 heavy (non-hydrogen) atoms. The summed E-state index contributed by atoms with van der Waals surface area (Å²) in [5.74, 6) is -0.284. The molecule has 1 saturated heterocycles. The minimum Gasteiger partial charge on any atom is -0.423 e. The van der Waals surface area contributed by atoms with Gasteiger partial charge in [-0.15, -0.1) is 0 Å². The predicted molar refractivity (Wildman–Crippen MR) is 157 cm³/mol. The van der Waals surface area contributed by atoms with Crippen molar-refractivity contribution in [1.82, 2.24) is 29.3 Å². The molecule has 1 aliphatic rings. The number of likely N-dealkylation sites (N-methyl/N-ethyl adjacent to an activating group) is 1. The van der Waals surface area contributed by atoms with Gasteiger partial charge in [0.05, 0.1) is 17.0 Å².